The van der Waals surface area contributed by atoms with Crippen LogP contribution in [0.3, 0.4) is 0 Å². The number of hydrogen-bond acceptors (Lipinski definition) is 4. The number of rotatable bonds is 6. The summed E-state index contributed by atoms with van der Waals surface area (Å²) in [5.74, 6) is 1.49. The van der Waals surface area contributed by atoms with Gasteiger partial charge in [-0.05, 0) is 34.1 Å². The fourth-order valence-electron chi connectivity index (χ4n) is 1.12. The van der Waals surface area contributed by atoms with E-state index >= 15 is 0 Å². The first kappa shape index (κ1) is 13.3. The van der Waals surface area contributed by atoms with Crippen LogP contribution in [0.1, 0.15) is 0 Å². The van der Waals surface area contributed by atoms with Gasteiger partial charge < -0.3 is 18.9 Å². The van der Waals surface area contributed by atoms with Gasteiger partial charge in [0.05, 0.1) is 11.6 Å². The molecule has 5 heteroatoms. The summed E-state index contributed by atoms with van der Waals surface area (Å²) in [6.45, 7) is 0.331. The monoisotopic (exact) mass is 290 g/mol. The van der Waals surface area contributed by atoms with Crippen molar-refractivity contribution in [3.63, 3.8) is 0 Å². The molecule has 1 aromatic rings. The summed E-state index contributed by atoms with van der Waals surface area (Å²) in [6, 6.07) is 5.49. The lowest BCUT2D eigenvalue weighted by molar-refractivity contribution is -0.122. The van der Waals surface area contributed by atoms with Gasteiger partial charge in [-0.2, -0.15) is 0 Å². The third-order valence-electron chi connectivity index (χ3n) is 2.04. The Hall–Kier alpha value is -0.780. The lowest BCUT2D eigenvalue weighted by Crippen LogP contribution is -2.22. The molecular weight excluding hydrogens is 276 g/mol. The Balaban J connectivity index is 2.60. The van der Waals surface area contributed by atoms with Gasteiger partial charge in [0, 0.05) is 14.2 Å². The second-order valence-corrected chi connectivity index (χ2v) is 3.86. The first-order valence-electron chi connectivity index (χ1n) is 4.73. The average Bonchev–Trinajstić information content (AvgIpc) is 2.32. The topological polar surface area (TPSA) is 36.9 Å². The second-order valence-electron chi connectivity index (χ2n) is 3.01. The molecule has 0 spiro atoms. The van der Waals surface area contributed by atoms with Crippen molar-refractivity contribution in [2.24, 2.45) is 0 Å². The minimum Gasteiger partial charge on any atom is -0.497 e. The third-order valence-corrected chi connectivity index (χ3v) is 2.66. The smallest absolute Gasteiger partial charge is 0.191 e. The van der Waals surface area contributed by atoms with Crippen LogP contribution in [-0.4, -0.2) is 34.2 Å². The number of methoxy groups -OCH3 is 3. The zero-order chi connectivity index (χ0) is 12.0. The molecule has 0 aliphatic carbocycles. The van der Waals surface area contributed by atoms with Crippen LogP contribution < -0.4 is 9.47 Å². The van der Waals surface area contributed by atoms with Gasteiger partial charge in [0.15, 0.2) is 6.29 Å². The molecule has 0 radical (unpaired) electrons. The highest BCUT2D eigenvalue weighted by Gasteiger charge is 2.08. The van der Waals surface area contributed by atoms with E-state index in [4.69, 9.17) is 18.9 Å². The zero-order valence-electron chi connectivity index (χ0n) is 9.53. The molecule has 1 rings (SSSR count). The van der Waals surface area contributed by atoms with Crippen LogP contribution in [0.25, 0.3) is 0 Å². The van der Waals surface area contributed by atoms with Crippen LogP contribution in [0.4, 0.5) is 0 Å². The Kier molecular flexibility index (Phi) is 5.59. The molecule has 0 atom stereocenters. The molecule has 0 unspecified atom stereocenters. The van der Waals surface area contributed by atoms with Crippen molar-refractivity contribution < 1.29 is 18.9 Å². The summed E-state index contributed by atoms with van der Waals surface area (Å²) in [6.07, 6.45) is -0.367. The Morgan fingerprint density at radius 3 is 2.38 bits per heavy atom. The van der Waals surface area contributed by atoms with Gasteiger partial charge in [-0.3, -0.25) is 0 Å². The largest absolute Gasteiger partial charge is 0.497 e. The summed E-state index contributed by atoms with van der Waals surface area (Å²) in [5.41, 5.74) is 0. The van der Waals surface area contributed by atoms with Crippen LogP contribution in [0.5, 0.6) is 11.5 Å². The van der Waals surface area contributed by atoms with Crippen molar-refractivity contribution in [2.75, 3.05) is 27.9 Å². The van der Waals surface area contributed by atoms with Crippen LogP contribution in [0.15, 0.2) is 22.7 Å². The van der Waals surface area contributed by atoms with Crippen molar-refractivity contribution in [3.8, 4) is 11.5 Å². The normalized spacial score (nSPS) is 10.6. The molecule has 1 aromatic carbocycles. The Labute approximate surface area is 104 Å². The predicted molar refractivity (Wildman–Crippen MR) is 64.0 cm³/mol. The van der Waals surface area contributed by atoms with E-state index in [0.717, 1.165) is 16.0 Å². The molecule has 0 heterocycles. The van der Waals surface area contributed by atoms with Crippen LogP contribution in [0, 0.1) is 0 Å². The summed E-state index contributed by atoms with van der Waals surface area (Å²) in [4.78, 5) is 0. The molecule has 16 heavy (non-hydrogen) atoms. The maximum absolute atomic E-state index is 5.53. The Morgan fingerprint density at radius 1 is 1.19 bits per heavy atom. The fraction of sp³-hybridized carbons (Fsp3) is 0.455. The third kappa shape index (κ3) is 3.66. The molecule has 90 valence electrons. The minimum atomic E-state index is -0.367. The van der Waals surface area contributed by atoms with Crippen LogP contribution in [-0.2, 0) is 9.47 Å². The lowest BCUT2D eigenvalue weighted by atomic mass is 10.3. The summed E-state index contributed by atoms with van der Waals surface area (Å²) in [7, 11) is 4.76. The SMILES string of the molecule is COc1ccc(OCC(OC)OC)c(Br)c1. The fourth-order valence-corrected chi connectivity index (χ4v) is 1.59. The van der Waals surface area contributed by atoms with Crippen molar-refractivity contribution in [1.82, 2.24) is 0 Å². The Morgan fingerprint density at radius 2 is 1.88 bits per heavy atom. The van der Waals surface area contributed by atoms with Gasteiger partial charge in [0.1, 0.15) is 18.1 Å². The lowest BCUT2D eigenvalue weighted by Gasteiger charge is -2.15. The van der Waals surface area contributed by atoms with E-state index in [2.05, 4.69) is 15.9 Å². The number of halogens is 1. The van der Waals surface area contributed by atoms with Gasteiger partial charge in [-0.15, -0.1) is 0 Å². The van der Waals surface area contributed by atoms with E-state index in [1.165, 1.54) is 0 Å². The van der Waals surface area contributed by atoms with E-state index in [9.17, 15) is 0 Å². The highest BCUT2D eigenvalue weighted by molar-refractivity contribution is 9.10. The molecular formula is C11H15BrO4. The van der Waals surface area contributed by atoms with E-state index in [0.29, 0.717) is 6.61 Å². The molecule has 0 aliphatic rings. The number of hydrogen-bond donors (Lipinski definition) is 0. The van der Waals surface area contributed by atoms with Crippen LogP contribution >= 0.6 is 15.9 Å². The Bertz CT molecular complexity index is 326. The molecule has 0 aliphatic heterocycles. The van der Waals surface area contributed by atoms with Crippen molar-refractivity contribution in [3.05, 3.63) is 22.7 Å². The van der Waals surface area contributed by atoms with E-state index in [-0.39, 0.29) is 6.29 Å². The van der Waals surface area contributed by atoms with Crippen molar-refractivity contribution in [2.45, 2.75) is 6.29 Å². The molecule has 4 nitrogen and oxygen atoms in total. The van der Waals surface area contributed by atoms with E-state index < -0.39 is 0 Å². The molecule has 0 bridgehead atoms. The van der Waals surface area contributed by atoms with Crippen LogP contribution in [0.2, 0.25) is 0 Å². The van der Waals surface area contributed by atoms with Gasteiger partial charge in [-0.25, -0.2) is 0 Å². The first-order valence-corrected chi connectivity index (χ1v) is 5.52. The molecule has 0 N–H and O–H groups in total. The average molecular weight is 291 g/mol. The van der Waals surface area contributed by atoms with E-state index in [1.54, 1.807) is 21.3 Å². The maximum atomic E-state index is 5.53. The van der Waals surface area contributed by atoms with Gasteiger partial charge >= 0.3 is 0 Å². The van der Waals surface area contributed by atoms with Gasteiger partial charge in [-0.1, -0.05) is 0 Å². The summed E-state index contributed by atoms with van der Waals surface area (Å²) in [5, 5.41) is 0. The molecule has 0 aromatic heterocycles. The van der Waals surface area contributed by atoms with E-state index in [1.807, 2.05) is 18.2 Å². The highest BCUT2D eigenvalue weighted by atomic mass is 79.9. The van der Waals surface area contributed by atoms with Crippen molar-refractivity contribution in [1.29, 1.82) is 0 Å². The predicted octanol–water partition coefficient (Wildman–Crippen LogP) is 2.46. The molecule has 0 amide bonds. The number of benzene rings is 1. The minimum absolute atomic E-state index is 0.331. The second kappa shape index (κ2) is 6.73. The summed E-state index contributed by atoms with van der Waals surface area (Å²) < 4.78 is 21.5. The standard InChI is InChI=1S/C11H15BrO4/c1-13-8-4-5-10(9(12)6-8)16-7-11(14-2)15-3/h4-6,11H,7H2,1-3H3. The molecule has 0 saturated carbocycles. The van der Waals surface area contributed by atoms with Gasteiger partial charge in [0.2, 0.25) is 0 Å². The van der Waals surface area contributed by atoms with Crippen molar-refractivity contribution >= 4 is 15.9 Å². The molecule has 0 saturated heterocycles. The maximum Gasteiger partial charge on any atom is 0.191 e. The van der Waals surface area contributed by atoms with Gasteiger partial charge in [0.25, 0.3) is 0 Å². The number of ether oxygens (including phenoxy) is 4. The quantitative estimate of drug-likeness (QED) is 0.754. The summed E-state index contributed by atoms with van der Waals surface area (Å²) >= 11 is 3.40. The first-order chi connectivity index (χ1) is 7.71. The highest BCUT2D eigenvalue weighted by Crippen LogP contribution is 2.29. The molecule has 0 fully saturated rings. The zero-order valence-corrected chi connectivity index (χ0v) is 11.1.